The lowest BCUT2D eigenvalue weighted by molar-refractivity contribution is -0.144. The second kappa shape index (κ2) is 13.0. The highest BCUT2D eigenvalue weighted by Gasteiger charge is 2.35. The molecule has 0 aliphatic carbocycles. The largest absolute Gasteiger partial charge is 0.465 e. The first-order valence-corrected chi connectivity index (χ1v) is 16.1. The van der Waals surface area contributed by atoms with Gasteiger partial charge in [0.1, 0.15) is 6.54 Å². The maximum Gasteiger partial charge on any atom is 0.406 e. The fourth-order valence-electron chi connectivity index (χ4n) is 6.71. The summed E-state index contributed by atoms with van der Waals surface area (Å²) in [5, 5.41) is 0.715. The number of piperidine rings is 1. The minimum Gasteiger partial charge on any atom is -0.465 e. The number of rotatable bonds is 9. The molecule has 4 heterocycles. The van der Waals surface area contributed by atoms with Crippen molar-refractivity contribution in [2.24, 2.45) is 5.41 Å². The van der Waals surface area contributed by atoms with Crippen molar-refractivity contribution < 1.29 is 27.4 Å². The molecule has 2 aliphatic heterocycles. The third-order valence-electron chi connectivity index (χ3n) is 8.89. The third kappa shape index (κ3) is 7.26. The number of piperazine rings is 1. The predicted octanol–water partition coefficient (Wildman–Crippen LogP) is 7.54. The van der Waals surface area contributed by atoms with Gasteiger partial charge in [0.2, 0.25) is 0 Å². The maximum atomic E-state index is 14.3. The zero-order valence-corrected chi connectivity index (χ0v) is 27.7. The van der Waals surface area contributed by atoms with Gasteiger partial charge in [0, 0.05) is 66.1 Å². The van der Waals surface area contributed by atoms with Gasteiger partial charge in [-0.25, -0.2) is 0 Å². The molecule has 11 heteroatoms. The lowest BCUT2D eigenvalue weighted by Crippen LogP contribution is -2.54. The molecule has 2 aliphatic rings. The number of alkyl halides is 3. The molecule has 1 aromatic carbocycles. The number of anilines is 1. The van der Waals surface area contributed by atoms with E-state index >= 15 is 0 Å². The van der Waals surface area contributed by atoms with Crippen LogP contribution >= 0.6 is 15.9 Å². The van der Waals surface area contributed by atoms with Crippen LogP contribution < -0.4 is 4.90 Å². The predicted molar refractivity (Wildman–Crippen MR) is 170 cm³/mol. The Morgan fingerprint density at radius 3 is 2.64 bits per heavy atom. The third-order valence-corrected chi connectivity index (χ3v) is 9.38. The molecule has 2 saturated heterocycles. The van der Waals surface area contributed by atoms with E-state index in [-0.39, 0.29) is 6.61 Å². The maximum absolute atomic E-state index is 14.3. The molecule has 44 heavy (non-hydrogen) atoms. The average molecular weight is 680 g/mol. The van der Waals surface area contributed by atoms with E-state index < -0.39 is 30.2 Å². The van der Waals surface area contributed by atoms with E-state index in [0.29, 0.717) is 40.3 Å². The van der Waals surface area contributed by atoms with Crippen LogP contribution in [0.5, 0.6) is 0 Å². The van der Waals surface area contributed by atoms with E-state index in [4.69, 9.17) is 14.5 Å². The molecule has 240 valence electrons. The van der Waals surface area contributed by atoms with Crippen molar-refractivity contribution in [3.63, 3.8) is 0 Å². The number of nitrogens with zero attached hydrogens (tertiary/aromatic N) is 4. The molecular formula is C33H42BrF3N4O3. The molecule has 0 N–H and O–H groups in total. The van der Waals surface area contributed by atoms with Crippen molar-refractivity contribution in [2.75, 3.05) is 44.8 Å². The Hall–Kier alpha value is -2.63. The van der Waals surface area contributed by atoms with Crippen LogP contribution in [0.2, 0.25) is 0 Å². The lowest BCUT2D eigenvalue weighted by atomic mass is 9.84. The van der Waals surface area contributed by atoms with Crippen molar-refractivity contribution in [3.05, 3.63) is 46.2 Å². The molecular weight excluding hydrogens is 637 g/mol. The molecule has 3 aromatic rings. The quantitative estimate of drug-likeness (QED) is 0.218. The van der Waals surface area contributed by atoms with Crippen LogP contribution in [0.1, 0.15) is 64.3 Å². The first-order valence-electron chi connectivity index (χ1n) is 15.3. The number of methoxy groups -OCH3 is 1. The van der Waals surface area contributed by atoms with Gasteiger partial charge >= 0.3 is 12.1 Å². The minimum absolute atomic E-state index is 0.132. The number of hydrogen-bond acceptors (Lipinski definition) is 6. The highest BCUT2D eigenvalue weighted by molar-refractivity contribution is 9.10. The van der Waals surface area contributed by atoms with E-state index in [1.807, 2.05) is 39.1 Å². The number of ether oxygens (including phenoxy) is 2. The normalized spacial score (nSPS) is 18.8. The van der Waals surface area contributed by atoms with Gasteiger partial charge in [-0.05, 0) is 62.6 Å². The van der Waals surface area contributed by atoms with Crippen LogP contribution in [0.25, 0.3) is 22.2 Å². The number of hydrogen-bond donors (Lipinski definition) is 0. The van der Waals surface area contributed by atoms with Gasteiger partial charge in [0.15, 0.2) is 0 Å². The first-order chi connectivity index (χ1) is 20.8. The molecule has 2 aromatic heterocycles. The Morgan fingerprint density at radius 1 is 1.16 bits per heavy atom. The smallest absolute Gasteiger partial charge is 0.406 e. The standard InChI is InChI=1S/C33H42BrF3N4O3/c1-21(43-5)30-27(15-25(17-38-30)40-13-12-39-11-7-6-8-24(39)18-40)31-28(16-32(3,4)20-44-22(2)42)26-14-23(34)9-10-29(26)41(31)19-33(35,36)37/h9-10,14-15,17,21,24H,6-8,11-13,16,18-20H2,1-5H3/t21-,24?/m0/s1. The Balaban J connectivity index is 1.72. The highest BCUT2D eigenvalue weighted by Crippen LogP contribution is 2.43. The highest BCUT2D eigenvalue weighted by atomic mass is 79.9. The summed E-state index contributed by atoms with van der Waals surface area (Å²) in [5.41, 5.74) is 3.24. The average Bonchev–Trinajstić information content (AvgIpc) is 3.24. The van der Waals surface area contributed by atoms with Gasteiger partial charge in [-0.15, -0.1) is 0 Å². The van der Waals surface area contributed by atoms with Crippen molar-refractivity contribution in [1.82, 2.24) is 14.5 Å². The summed E-state index contributed by atoms with van der Waals surface area (Å²) < 4.78 is 56.2. The summed E-state index contributed by atoms with van der Waals surface area (Å²) in [6.07, 6.45) is 0.869. The Morgan fingerprint density at radius 2 is 1.93 bits per heavy atom. The van der Waals surface area contributed by atoms with Crippen LogP contribution in [0.15, 0.2) is 34.9 Å². The summed E-state index contributed by atoms with van der Waals surface area (Å²) in [7, 11) is 1.58. The van der Waals surface area contributed by atoms with Gasteiger partial charge in [-0.2, -0.15) is 13.2 Å². The summed E-state index contributed by atoms with van der Waals surface area (Å²) >= 11 is 3.54. The number of fused-ring (bicyclic) bond motifs is 2. The summed E-state index contributed by atoms with van der Waals surface area (Å²) in [6.45, 7) is 9.88. The lowest BCUT2D eigenvalue weighted by Gasteiger charge is -2.45. The van der Waals surface area contributed by atoms with E-state index in [1.165, 1.54) is 24.3 Å². The monoisotopic (exact) mass is 678 g/mol. The molecule has 0 spiro atoms. The van der Waals surface area contributed by atoms with Gasteiger partial charge in [-0.3, -0.25) is 14.7 Å². The molecule has 7 nitrogen and oxygen atoms in total. The van der Waals surface area contributed by atoms with Crippen LogP contribution in [-0.2, 0) is 27.2 Å². The number of halogens is 4. The van der Waals surface area contributed by atoms with Crippen LogP contribution in [0, 0.1) is 5.41 Å². The molecule has 0 saturated carbocycles. The Kier molecular flexibility index (Phi) is 9.68. The van der Waals surface area contributed by atoms with Crippen molar-refractivity contribution in [2.45, 2.75) is 78.2 Å². The van der Waals surface area contributed by atoms with Gasteiger partial charge in [0.25, 0.3) is 0 Å². The Labute approximate surface area is 265 Å². The van der Waals surface area contributed by atoms with E-state index in [1.54, 1.807) is 19.2 Å². The first kappa shape index (κ1) is 32.8. The number of carbonyl (C=O) groups excluding carboxylic acids is 1. The molecule has 0 bridgehead atoms. The van der Waals surface area contributed by atoms with E-state index in [9.17, 15) is 18.0 Å². The van der Waals surface area contributed by atoms with Crippen LogP contribution in [0.3, 0.4) is 0 Å². The molecule has 2 atom stereocenters. The SMILES string of the molecule is CO[C@@H](C)c1ncc(N2CCN3CCCCC3C2)cc1-c1c(CC(C)(C)COC(C)=O)c2cc(Br)ccc2n1CC(F)(F)F. The van der Waals surface area contributed by atoms with Gasteiger partial charge in [-0.1, -0.05) is 36.2 Å². The minimum atomic E-state index is -4.46. The molecule has 5 rings (SSSR count). The number of benzene rings is 1. The number of esters is 1. The number of pyridine rings is 1. The topological polar surface area (TPSA) is 59.8 Å². The second-order valence-corrected chi connectivity index (χ2v) is 13.9. The fraction of sp³-hybridized carbons (Fsp3) is 0.576. The van der Waals surface area contributed by atoms with E-state index in [2.05, 4.69) is 25.7 Å². The number of carbonyl (C=O) groups is 1. The zero-order valence-electron chi connectivity index (χ0n) is 26.1. The Bertz CT molecular complexity index is 1510. The summed E-state index contributed by atoms with van der Waals surface area (Å²) in [4.78, 5) is 21.4. The molecule has 2 fully saturated rings. The number of aromatic nitrogens is 2. The van der Waals surface area contributed by atoms with Crippen LogP contribution in [-0.4, -0.2) is 72.5 Å². The van der Waals surface area contributed by atoms with Gasteiger partial charge < -0.3 is 18.9 Å². The van der Waals surface area contributed by atoms with Crippen LogP contribution in [0.4, 0.5) is 18.9 Å². The summed E-state index contributed by atoms with van der Waals surface area (Å²) in [5.74, 6) is -0.397. The summed E-state index contributed by atoms with van der Waals surface area (Å²) in [6, 6.07) is 7.85. The zero-order chi connectivity index (χ0) is 31.8. The van der Waals surface area contributed by atoms with Crippen molar-refractivity contribution in [1.29, 1.82) is 0 Å². The molecule has 0 amide bonds. The fourth-order valence-corrected chi connectivity index (χ4v) is 7.07. The molecule has 0 radical (unpaired) electrons. The van der Waals surface area contributed by atoms with Crippen molar-refractivity contribution >= 4 is 38.5 Å². The second-order valence-electron chi connectivity index (χ2n) is 12.9. The van der Waals surface area contributed by atoms with Crippen molar-refractivity contribution in [3.8, 4) is 11.3 Å². The van der Waals surface area contributed by atoms with Gasteiger partial charge in [0.05, 0.1) is 36.0 Å². The molecule has 1 unspecified atom stereocenters. The van der Waals surface area contributed by atoms with E-state index in [0.717, 1.165) is 48.3 Å².